The highest BCUT2D eigenvalue weighted by atomic mass is 32.2. The summed E-state index contributed by atoms with van der Waals surface area (Å²) in [5, 5.41) is 2.54. The quantitative estimate of drug-likeness (QED) is 0.470. The topological polar surface area (TPSA) is 86.4 Å². The minimum Gasteiger partial charge on any atom is -0.309 e. The first-order valence-electron chi connectivity index (χ1n) is 10.5. The van der Waals surface area contributed by atoms with Gasteiger partial charge in [0.05, 0.1) is 16.8 Å². The number of sulfonamides is 1. The zero-order chi connectivity index (χ0) is 23.0. The van der Waals surface area contributed by atoms with Crippen LogP contribution in [0, 0.1) is 5.82 Å². The maximum absolute atomic E-state index is 13.1. The van der Waals surface area contributed by atoms with E-state index in [1.807, 2.05) is 35.7 Å². The van der Waals surface area contributed by atoms with E-state index in [0.717, 1.165) is 23.3 Å². The summed E-state index contributed by atoms with van der Waals surface area (Å²) in [5.74, 6) is 0.0858. The number of aromatic nitrogens is 2. The standard InChI is InChI=1S/C23H21FN4O3S2/c24-17-6-8-18(9-7-17)33(30,31)28-12-10-27(11-13-28)14-20-25-22(29)21-19(15-32-23(21)26-20)16-4-2-1-3-5-16/h1-9,15H,10-14H2,(H,25,26,29). The number of hydrogen-bond donors (Lipinski definition) is 1. The van der Waals surface area contributed by atoms with Crippen LogP contribution in [0.3, 0.4) is 0 Å². The van der Waals surface area contributed by atoms with Gasteiger partial charge in [-0.3, -0.25) is 9.69 Å². The van der Waals surface area contributed by atoms with Crippen LogP contribution in [-0.4, -0.2) is 53.8 Å². The van der Waals surface area contributed by atoms with Crippen LogP contribution >= 0.6 is 11.3 Å². The fourth-order valence-corrected chi connectivity index (χ4v) is 6.38. The van der Waals surface area contributed by atoms with Crippen molar-refractivity contribution in [3.05, 3.63) is 82.0 Å². The lowest BCUT2D eigenvalue weighted by molar-refractivity contribution is 0.178. The Morgan fingerprint density at radius 1 is 1.00 bits per heavy atom. The third-order valence-corrected chi connectivity index (χ3v) is 8.52. The summed E-state index contributed by atoms with van der Waals surface area (Å²) in [5.41, 5.74) is 1.67. The van der Waals surface area contributed by atoms with Gasteiger partial charge in [-0.15, -0.1) is 11.3 Å². The molecule has 10 heteroatoms. The van der Waals surface area contributed by atoms with Gasteiger partial charge in [0.2, 0.25) is 10.0 Å². The normalized spacial score (nSPS) is 15.8. The molecule has 170 valence electrons. The van der Waals surface area contributed by atoms with Gasteiger partial charge in [-0.1, -0.05) is 30.3 Å². The van der Waals surface area contributed by atoms with Crippen molar-refractivity contribution < 1.29 is 12.8 Å². The fourth-order valence-electron chi connectivity index (χ4n) is 3.99. The summed E-state index contributed by atoms with van der Waals surface area (Å²) in [4.78, 5) is 23.2. The Morgan fingerprint density at radius 2 is 1.70 bits per heavy atom. The lowest BCUT2D eigenvalue weighted by Gasteiger charge is -2.33. The Labute approximate surface area is 194 Å². The fraction of sp³-hybridized carbons (Fsp3) is 0.217. The summed E-state index contributed by atoms with van der Waals surface area (Å²) in [6.45, 7) is 2.05. The molecule has 0 bridgehead atoms. The van der Waals surface area contributed by atoms with Crippen LogP contribution < -0.4 is 5.56 Å². The molecule has 0 atom stereocenters. The third kappa shape index (κ3) is 4.34. The molecule has 1 fully saturated rings. The molecule has 0 saturated carbocycles. The van der Waals surface area contributed by atoms with E-state index >= 15 is 0 Å². The third-order valence-electron chi connectivity index (χ3n) is 5.73. The highest BCUT2D eigenvalue weighted by molar-refractivity contribution is 7.89. The van der Waals surface area contributed by atoms with Crippen molar-refractivity contribution in [1.29, 1.82) is 0 Å². The van der Waals surface area contributed by atoms with Crippen molar-refractivity contribution in [2.75, 3.05) is 26.2 Å². The number of aromatic amines is 1. The van der Waals surface area contributed by atoms with E-state index in [9.17, 15) is 17.6 Å². The number of thiophene rings is 1. The number of fused-ring (bicyclic) bond motifs is 1. The summed E-state index contributed by atoms with van der Waals surface area (Å²) in [6.07, 6.45) is 0. The average Bonchev–Trinajstić information content (AvgIpc) is 3.25. The van der Waals surface area contributed by atoms with Gasteiger partial charge >= 0.3 is 0 Å². The lowest BCUT2D eigenvalue weighted by atomic mass is 10.1. The molecule has 1 aliphatic heterocycles. The second-order valence-corrected chi connectivity index (χ2v) is 10.6. The molecule has 0 unspecified atom stereocenters. The van der Waals surface area contributed by atoms with Crippen molar-refractivity contribution in [2.45, 2.75) is 11.4 Å². The van der Waals surface area contributed by atoms with E-state index in [2.05, 4.69) is 14.9 Å². The van der Waals surface area contributed by atoms with Crippen LogP contribution in [0.5, 0.6) is 0 Å². The Balaban J connectivity index is 1.30. The van der Waals surface area contributed by atoms with Crippen molar-refractivity contribution >= 4 is 31.6 Å². The van der Waals surface area contributed by atoms with E-state index in [0.29, 0.717) is 48.8 Å². The molecule has 0 radical (unpaired) electrons. The van der Waals surface area contributed by atoms with Gasteiger partial charge in [-0.05, 0) is 29.8 Å². The monoisotopic (exact) mass is 484 g/mol. The molecule has 5 rings (SSSR count). The van der Waals surface area contributed by atoms with E-state index in [1.54, 1.807) is 0 Å². The van der Waals surface area contributed by atoms with Gasteiger partial charge in [0.1, 0.15) is 16.5 Å². The Hall–Kier alpha value is -2.92. The van der Waals surface area contributed by atoms with Crippen molar-refractivity contribution in [3.63, 3.8) is 0 Å². The molecule has 33 heavy (non-hydrogen) atoms. The lowest BCUT2D eigenvalue weighted by Crippen LogP contribution is -2.48. The molecule has 1 saturated heterocycles. The molecular weight excluding hydrogens is 463 g/mol. The maximum Gasteiger partial charge on any atom is 0.260 e. The number of benzene rings is 2. The summed E-state index contributed by atoms with van der Waals surface area (Å²) in [6, 6.07) is 14.6. The number of nitrogens with one attached hydrogen (secondary N) is 1. The molecule has 4 aromatic rings. The number of hydrogen-bond acceptors (Lipinski definition) is 6. The van der Waals surface area contributed by atoms with Gasteiger partial charge < -0.3 is 4.98 Å². The molecule has 1 N–H and O–H groups in total. The molecule has 0 aliphatic carbocycles. The smallest absolute Gasteiger partial charge is 0.260 e. The Morgan fingerprint density at radius 3 is 2.39 bits per heavy atom. The van der Waals surface area contributed by atoms with Crippen LogP contribution in [0.25, 0.3) is 21.3 Å². The summed E-state index contributed by atoms with van der Waals surface area (Å²) >= 11 is 1.44. The molecule has 7 nitrogen and oxygen atoms in total. The Bertz CT molecular complexity index is 1440. The second-order valence-electron chi connectivity index (χ2n) is 7.84. The molecule has 3 heterocycles. The van der Waals surface area contributed by atoms with Crippen LogP contribution in [0.4, 0.5) is 4.39 Å². The maximum atomic E-state index is 13.1. The zero-order valence-corrected chi connectivity index (χ0v) is 19.2. The Kier molecular flexibility index (Phi) is 5.83. The predicted molar refractivity (Wildman–Crippen MR) is 126 cm³/mol. The SMILES string of the molecule is O=c1[nH]c(CN2CCN(S(=O)(=O)c3ccc(F)cc3)CC2)nc2scc(-c3ccccc3)c12. The van der Waals surface area contributed by atoms with Gasteiger partial charge in [-0.2, -0.15) is 4.31 Å². The molecule has 2 aromatic carbocycles. The zero-order valence-electron chi connectivity index (χ0n) is 17.6. The van der Waals surface area contributed by atoms with Gasteiger partial charge in [0.15, 0.2) is 0 Å². The minimum absolute atomic E-state index is 0.0840. The van der Waals surface area contributed by atoms with Gasteiger partial charge in [0, 0.05) is 37.1 Å². The highest BCUT2D eigenvalue weighted by Gasteiger charge is 2.28. The number of piperazine rings is 1. The molecule has 2 aromatic heterocycles. The highest BCUT2D eigenvalue weighted by Crippen LogP contribution is 2.30. The van der Waals surface area contributed by atoms with E-state index < -0.39 is 15.8 Å². The summed E-state index contributed by atoms with van der Waals surface area (Å²) in [7, 11) is -3.67. The van der Waals surface area contributed by atoms with E-state index in [4.69, 9.17) is 0 Å². The predicted octanol–water partition coefficient (Wildman–Crippen LogP) is 3.30. The first-order chi connectivity index (χ1) is 15.9. The molecule has 0 spiro atoms. The molecular formula is C23H21FN4O3S2. The van der Waals surface area contributed by atoms with Gasteiger partial charge in [-0.25, -0.2) is 17.8 Å². The molecule has 1 aliphatic rings. The number of nitrogens with zero attached hydrogens (tertiary/aromatic N) is 3. The van der Waals surface area contributed by atoms with Crippen LogP contribution in [0.2, 0.25) is 0 Å². The molecule has 0 amide bonds. The summed E-state index contributed by atoms with van der Waals surface area (Å²) < 4.78 is 40.1. The van der Waals surface area contributed by atoms with Crippen molar-refractivity contribution in [2.24, 2.45) is 0 Å². The van der Waals surface area contributed by atoms with E-state index in [-0.39, 0.29) is 10.5 Å². The minimum atomic E-state index is -3.67. The second kappa shape index (κ2) is 8.79. The first kappa shape index (κ1) is 21.9. The largest absolute Gasteiger partial charge is 0.309 e. The number of halogens is 1. The van der Waals surface area contributed by atoms with Crippen LogP contribution in [-0.2, 0) is 16.6 Å². The number of rotatable bonds is 5. The van der Waals surface area contributed by atoms with Crippen LogP contribution in [0.15, 0.2) is 69.7 Å². The van der Waals surface area contributed by atoms with Crippen LogP contribution in [0.1, 0.15) is 5.82 Å². The van der Waals surface area contributed by atoms with Gasteiger partial charge in [0.25, 0.3) is 5.56 Å². The number of H-pyrrole nitrogens is 1. The van der Waals surface area contributed by atoms with Crippen molar-refractivity contribution in [1.82, 2.24) is 19.2 Å². The van der Waals surface area contributed by atoms with E-state index in [1.165, 1.54) is 27.8 Å². The average molecular weight is 485 g/mol. The first-order valence-corrected chi connectivity index (χ1v) is 12.8. The van der Waals surface area contributed by atoms with Crippen molar-refractivity contribution in [3.8, 4) is 11.1 Å².